The van der Waals surface area contributed by atoms with Crippen molar-refractivity contribution < 1.29 is 26.2 Å². The summed E-state index contributed by atoms with van der Waals surface area (Å²) in [7, 11) is 0. The number of hydrogen-bond donors (Lipinski definition) is 1. The van der Waals surface area contributed by atoms with Gasteiger partial charge in [0.05, 0.1) is 0 Å². The first-order chi connectivity index (χ1) is 4.22. The third-order valence-corrected chi connectivity index (χ3v) is 1.88. The molecule has 0 heterocycles. The molecule has 0 saturated heterocycles. The van der Waals surface area contributed by atoms with Crippen molar-refractivity contribution in [2.24, 2.45) is 0 Å². The zero-order chi connectivity index (χ0) is 6.85. The second kappa shape index (κ2) is 5.68. The molecule has 0 amide bonds. The molecule has 0 spiro atoms. The van der Waals surface area contributed by atoms with E-state index in [1.54, 1.807) is 0 Å². The van der Waals surface area contributed by atoms with E-state index in [9.17, 15) is 0 Å². The van der Waals surface area contributed by atoms with Crippen molar-refractivity contribution in [2.45, 2.75) is 20.8 Å². The number of hydrogen-bond acceptors (Lipinski definition) is 1. The first-order valence-corrected chi connectivity index (χ1v) is 3.24. The van der Waals surface area contributed by atoms with Crippen molar-refractivity contribution in [1.82, 2.24) is 6.15 Å². The summed E-state index contributed by atoms with van der Waals surface area (Å²) in [5, 5.41) is 0. The van der Waals surface area contributed by atoms with Crippen LogP contribution in [0.4, 0.5) is 0 Å². The molecule has 0 fully saturated rings. The summed E-state index contributed by atoms with van der Waals surface area (Å²) in [6.45, 7) is 6.44. The van der Waals surface area contributed by atoms with Gasteiger partial charge in [-0.25, -0.2) is 0 Å². The zero-order valence-corrected chi connectivity index (χ0v) is 9.90. The Morgan fingerprint density at radius 2 is 1.27 bits per heavy atom. The van der Waals surface area contributed by atoms with Gasteiger partial charge in [-0.05, 0) is 37.5 Å². The fraction of sp³-hybridized carbons (Fsp3) is 0.333. The van der Waals surface area contributed by atoms with Crippen LogP contribution in [0, 0.1) is 20.8 Å². The number of rotatable bonds is 0. The van der Waals surface area contributed by atoms with E-state index in [2.05, 4.69) is 39.0 Å². The van der Waals surface area contributed by atoms with Crippen LogP contribution < -0.4 is 6.15 Å². The minimum Gasteiger partial charge on any atom is -0.344 e. The predicted octanol–water partition coefficient (Wildman–Crippen LogP) is 2.77. The molecular formula is C9H15NZr. The van der Waals surface area contributed by atoms with Gasteiger partial charge in [0.1, 0.15) is 0 Å². The van der Waals surface area contributed by atoms with Gasteiger partial charge in [-0.1, -0.05) is 18.2 Å². The molecule has 0 radical (unpaired) electrons. The largest absolute Gasteiger partial charge is 0.344 e. The van der Waals surface area contributed by atoms with Crippen molar-refractivity contribution in [3.8, 4) is 0 Å². The van der Waals surface area contributed by atoms with Gasteiger partial charge in [0.2, 0.25) is 0 Å². The minimum atomic E-state index is 0. The molecule has 2 heteroatoms. The molecular weight excluding hydrogens is 213 g/mol. The quantitative estimate of drug-likeness (QED) is 0.728. The molecule has 0 atom stereocenters. The summed E-state index contributed by atoms with van der Waals surface area (Å²) >= 11 is 0. The van der Waals surface area contributed by atoms with Crippen molar-refractivity contribution in [1.29, 1.82) is 0 Å². The second-order valence-corrected chi connectivity index (χ2v) is 2.52. The van der Waals surface area contributed by atoms with Crippen LogP contribution in [0.15, 0.2) is 18.2 Å². The summed E-state index contributed by atoms with van der Waals surface area (Å²) in [6.07, 6.45) is 0. The van der Waals surface area contributed by atoms with E-state index >= 15 is 0 Å². The smallest absolute Gasteiger partial charge is 0 e. The van der Waals surface area contributed by atoms with Gasteiger partial charge in [0.25, 0.3) is 0 Å². The Balaban J connectivity index is 0. The SMILES string of the molecule is Cc1cccc(C)c1C.N.[Zr]. The van der Waals surface area contributed by atoms with E-state index in [1.807, 2.05) is 0 Å². The first-order valence-electron chi connectivity index (χ1n) is 3.24. The Morgan fingerprint density at radius 3 is 1.55 bits per heavy atom. The van der Waals surface area contributed by atoms with E-state index in [0.29, 0.717) is 0 Å². The third kappa shape index (κ3) is 3.31. The van der Waals surface area contributed by atoms with Crippen LogP contribution in [0.1, 0.15) is 16.7 Å². The Kier molecular flexibility index (Phi) is 7.04. The molecule has 0 saturated carbocycles. The minimum absolute atomic E-state index is 0. The van der Waals surface area contributed by atoms with Gasteiger partial charge in [0.15, 0.2) is 0 Å². The molecule has 1 nitrogen and oxygen atoms in total. The maximum atomic E-state index is 2.16. The van der Waals surface area contributed by atoms with Crippen molar-refractivity contribution >= 4 is 0 Å². The third-order valence-electron chi connectivity index (χ3n) is 1.88. The van der Waals surface area contributed by atoms with E-state index < -0.39 is 0 Å². The predicted molar refractivity (Wildman–Crippen MR) is 45.7 cm³/mol. The molecule has 3 N–H and O–H groups in total. The van der Waals surface area contributed by atoms with Crippen LogP contribution in [0.25, 0.3) is 0 Å². The summed E-state index contributed by atoms with van der Waals surface area (Å²) < 4.78 is 0. The van der Waals surface area contributed by atoms with Crippen molar-refractivity contribution in [2.75, 3.05) is 0 Å². The number of benzene rings is 1. The summed E-state index contributed by atoms with van der Waals surface area (Å²) in [5.41, 5.74) is 4.18. The monoisotopic (exact) mass is 227 g/mol. The molecule has 60 valence electrons. The molecule has 11 heavy (non-hydrogen) atoms. The fourth-order valence-electron chi connectivity index (χ4n) is 0.898. The molecule has 0 unspecified atom stereocenters. The Morgan fingerprint density at radius 1 is 0.909 bits per heavy atom. The molecule has 0 aromatic heterocycles. The second-order valence-electron chi connectivity index (χ2n) is 2.52. The zero-order valence-electron chi connectivity index (χ0n) is 7.44. The molecule has 0 aliphatic rings. The Hall–Kier alpha value is 0.0631. The molecule has 0 bridgehead atoms. The molecule has 0 aliphatic carbocycles. The molecule has 1 rings (SSSR count). The van der Waals surface area contributed by atoms with Crippen molar-refractivity contribution in [3.63, 3.8) is 0 Å². The average Bonchev–Trinajstić information content (AvgIpc) is 1.83. The first kappa shape index (κ1) is 13.6. The maximum Gasteiger partial charge on any atom is 0 e. The van der Waals surface area contributed by atoms with Gasteiger partial charge in [-0.2, -0.15) is 0 Å². The van der Waals surface area contributed by atoms with E-state index in [4.69, 9.17) is 0 Å². The number of aryl methyl sites for hydroxylation is 2. The Bertz CT molecular complexity index is 201. The van der Waals surface area contributed by atoms with Gasteiger partial charge in [-0.3, -0.25) is 0 Å². The maximum absolute atomic E-state index is 2.16. The van der Waals surface area contributed by atoms with Crippen LogP contribution in [0.2, 0.25) is 0 Å². The summed E-state index contributed by atoms with van der Waals surface area (Å²) in [5.74, 6) is 0. The average molecular weight is 228 g/mol. The van der Waals surface area contributed by atoms with Crippen molar-refractivity contribution in [3.05, 3.63) is 34.9 Å². The fourth-order valence-corrected chi connectivity index (χ4v) is 0.898. The summed E-state index contributed by atoms with van der Waals surface area (Å²) in [4.78, 5) is 0. The molecule has 0 aliphatic heterocycles. The van der Waals surface area contributed by atoms with E-state index in [0.717, 1.165) is 0 Å². The van der Waals surface area contributed by atoms with Crippen LogP contribution in [0.3, 0.4) is 0 Å². The van der Waals surface area contributed by atoms with Gasteiger partial charge in [0, 0.05) is 26.2 Å². The topological polar surface area (TPSA) is 35.0 Å². The Labute approximate surface area is 87.9 Å². The van der Waals surface area contributed by atoms with Crippen LogP contribution >= 0.6 is 0 Å². The van der Waals surface area contributed by atoms with E-state index in [1.165, 1.54) is 16.7 Å². The van der Waals surface area contributed by atoms with Crippen LogP contribution in [0.5, 0.6) is 0 Å². The van der Waals surface area contributed by atoms with Gasteiger partial charge < -0.3 is 6.15 Å². The van der Waals surface area contributed by atoms with E-state index in [-0.39, 0.29) is 32.4 Å². The molecule has 1 aromatic rings. The van der Waals surface area contributed by atoms with Gasteiger partial charge >= 0.3 is 0 Å². The normalized spacial score (nSPS) is 7.91. The van der Waals surface area contributed by atoms with Gasteiger partial charge in [-0.15, -0.1) is 0 Å². The summed E-state index contributed by atoms with van der Waals surface area (Å²) in [6, 6.07) is 6.38. The standard InChI is InChI=1S/C9H12.H3N.Zr/c1-7-5-4-6-8(2)9(7)3;;/h4-6H,1-3H3;1H3;. The van der Waals surface area contributed by atoms with Crippen LogP contribution in [-0.4, -0.2) is 0 Å². The van der Waals surface area contributed by atoms with Crippen LogP contribution in [-0.2, 0) is 26.2 Å². The molecule has 1 aromatic carbocycles.